The Morgan fingerprint density at radius 1 is 0.500 bits per heavy atom. The third-order valence-electron chi connectivity index (χ3n) is 13.5. The molecule has 0 spiro atoms. The van der Waals surface area contributed by atoms with E-state index in [2.05, 4.69) is 55.6 Å². The molecule has 3 unspecified atom stereocenters. The number of carbonyl (C=O) groups excluding carboxylic acids is 1. The first-order chi connectivity index (χ1) is 34.0. The molecule has 0 aliphatic carbocycles. The van der Waals surface area contributed by atoms with Crippen molar-refractivity contribution < 1.29 is 32.9 Å². The van der Waals surface area contributed by atoms with Crippen LogP contribution < -0.4 is 10.2 Å². The van der Waals surface area contributed by atoms with Crippen molar-refractivity contribution in [1.29, 1.82) is 0 Å². The predicted molar refractivity (Wildman–Crippen MR) is 302 cm³/mol. The Balaban J connectivity index is 4.21. The van der Waals surface area contributed by atoms with Gasteiger partial charge in [0.25, 0.3) is 7.82 Å². The van der Waals surface area contributed by atoms with Crippen molar-refractivity contribution in [3.05, 3.63) is 48.6 Å². The van der Waals surface area contributed by atoms with Gasteiger partial charge in [0.15, 0.2) is 0 Å². The minimum absolute atomic E-state index is 0.00465. The number of phosphoric ester groups is 1. The minimum Gasteiger partial charge on any atom is -0.756 e. The van der Waals surface area contributed by atoms with Crippen molar-refractivity contribution in [2.24, 2.45) is 0 Å². The van der Waals surface area contributed by atoms with E-state index in [1.54, 1.807) is 6.08 Å². The van der Waals surface area contributed by atoms with Crippen LogP contribution in [-0.4, -0.2) is 68.5 Å². The number of nitrogens with one attached hydrogen (secondary N) is 1. The van der Waals surface area contributed by atoms with Crippen LogP contribution in [0, 0.1) is 0 Å². The van der Waals surface area contributed by atoms with Crippen molar-refractivity contribution in [2.75, 3.05) is 40.9 Å². The number of aliphatic hydroxyl groups excluding tert-OH is 1. The summed E-state index contributed by atoms with van der Waals surface area (Å²) in [4.78, 5) is 25.5. The molecule has 0 fully saturated rings. The van der Waals surface area contributed by atoms with Gasteiger partial charge in [-0.05, 0) is 57.8 Å². The molecule has 0 aliphatic heterocycles. The highest BCUT2D eigenvalue weighted by molar-refractivity contribution is 7.45. The zero-order chi connectivity index (χ0) is 51.3. The van der Waals surface area contributed by atoms with E-state index < -0.39 is 20.0 Å². The van der Waals surface area contributed by atoms with Crippen LogP contribution in [0.25, 0.3) is 0 Å². The van der Waals surface area contributed by atoms with Crippen LogP contribution >= 0.6 is 7.82 Å². The second-order valence-electron chi connectivity index (χ2n) is 21.7. The summed E-state index contributed by atoms with van der Waals surface area (Å²) in [5.41, 5.74) is 0. The molecule has 0 bridgehead atoms. The highest BCUT2D eigenvalue weighted by Gasteiger charge is 2.23. The maximum absolute atomic E-state index is 13.0. The molecule has 8 nitrogen and oxygen atoms in total. The fourth-order valence-electron chi connectivity index (χ4n) is 8.81. The third kappa shape index (κ3) is 54.2. The van der Waals surface area contributed by atoms with Crippen molar-refractivity contribution in [3.8, 4) is 0 Å². The summed E-state index contributed by atoms with van der Waals surface area (Å²) in [5.74, 6) is -0.207. The van der Waals surface area contributed by atoms with Gasteiger partial charge >= 0.3 is 0 Å². The number of quaternary nitrogens is 1. The number of rotatable bonds is 55. The summed E-state index contributed by atoms with van der Waals surface area (Å²) in [6.45, 7) is 4.66. The van der Waals surface area contributed by atoms with Gasteiger partial charge in [-0.2, -0.15) is 0 Å². The molecular weight excluding hydrogens is 888 g/mol. The zero-order valence-electron chi connectivity index (χ0n) is 47.0. The third-order valence-corrected chi connectivity index (χ3v) is 14.5. The Bertz CT molecular complexity index is 1280. The molecule has 0 aromatic rings. The van der Waals surface area contributed by atoms with E-state index in [0.29, 0.717) is 17.4 Å². The molecule has 0 aromatic heterocycles. The number of likely N-dealkylation sites (N-methyl/N-ethyl adjacent to an activating group) is 1. The number of nitrogens with zero attached hydrogens (tertiary/aromatic N) is 1. The van der Waals surface area contributed by atoms with Gasteiger partial charge in [0.1, 0.15) is 13.2 Å². The van der Waals surface area contributed by atoms with Gasteiger partial charge in [-0.15, -0.1) is 0 Å². The molecule has 0 aromatic carbocycles. The van der Waals surface area contributed by atoms with Crippen molar-refractivity contribution in [2.45, 2.75) is 296 Å². The quantitative estimate of drug-likeness (QED) is 0.0272. The van der Waals surface area contributed by atoms with Crippen LogP contribution in [0.15, 0.2) is 48.6 Å². The maximum Gasteiger partial charge on any atom is 0.268 e. The highest BCUT2D eigenvalue weighted by atomic mass is 31.2. The molecule has 3 atom stereocenters. The summed E-state index contributed by atoms with van der Waals surface area (Å²) < 4.78 is 23.4. The summed E-state index contributed by atoms with van der Waals surface area (Å²) >= 11 is 0. The van der Waals surface area contributed by atoms with E-state index in [1.807, 2.05) is 27.2 Å². The van der Waals surface area contributed by atoms with Gasteiger partial charge in [0.2, 0.25) is 5.91 Å². The fraction of sp³-hybridized carbons (Fsp3) is 0.852. The number of phosphoric acid groups is 1. The summed E-state index contributed by atoms with van der Waals surface area (Å²) in [6.07, 6.45) is 69.0. The molecule has 0 rings (SSSR count). The number of carbonyl (C=O) groups is 1. The molecule has 0 aliphatic rings. The molecule has 2 N–H and O–H groups in total. The number of aliphatic hydroxyl groups is 1. The van der Waals surface area contributed by atoms with Crippen molar-refractivity contribution in [3.63, 3.8) is 0 Å². The normalized spacial score (nSPS) is 14.2. The Morgan fingerprint density at radius 2 is 0.829 bits per heavy atom. The molecule has 0 saturated carbocycles. The van der Waals surface area contributed by atoms with Crippen LogP contribution in [0.1, 0.15) is 284 Å². The van der Waals surface area contributed by atoms with Gasteiger partial charge in [-0.25, -0.2) is 0 Å². The lowest BCUT2D eigenvalue weighted by Crippen LogP contribution is -2.45. The summed E-state index contributed by atoms with van der Waals surface area (Å²) in [5, 5.41) is 13.9. The van der Waals surface area contributed by atoms with Crippen molar-refractivity contribution in [1.82, 2.24) is 5.32 Å². The standard InChI is InChI=1S/C61H117N2O6P/c1-6-8-10-12-14-16-18-20-22-24-26-28-29-30-31-32-33-35-36-38-40-42-44-46-48-50-52-54-60(64)59(58-69-70(66,67)68-57-56-63(3,4)5)62-61(65)55-53-51-49-47-45-43-41-39-37-34-27-25-23-21-19-17-15-13-11-9-7-2/h19,21,25,27,37,39,52,54,59-60,64H,6-18,20,22-24,26,28-36,38,40-51,53,55-58H2,1-5H3,(H-,62,65,66,67)/b21-19-,27-25-,39-37-,54-52+. The van der Waals surface area contributed by atoms with Gasteiger partial charge in [0, 0.05) is 6.42 Å². The average molecular weight is 1010 g/mol. The Labute approximate surface area is 435 Å². The Morgan fingerprint density at radius 3 is 1.20 bits per heavy atom. The molecule has 412 valence electrons. The largest absolute Gasteiger partial charge is 0.756 e. The topological polar surface area (TPSA) is 108 Å². The number of allylic oxidation sites excluding steroid dienone is 7. The van der Waals surface area contributed by atoms with Crippen molar-refractivity contribution >= 4 is 13.7 Å². The monoisotopic (exact) mass is 1000 g/mol. The highest BCUT2D eigenvalue weighted by Crippen LogP contribution is 2.38. The molecule has 0 saturated heterocycles. The van der Waals surface area contributed by atoms with E-state index in [-0.39, 0.29) is 19.1 Å². The van der Waals surface area contributed by atoms with E-state index in [0.717, 1.165) is 64.2 Å². The fourth-order valence-corrected chi connectivity index (χ4v) is 9.53. The first-order valence-electron chi connectivity index (χ1n) is 30.0. The van der Waals surface area contributed by atoms with Gasteiger partial charge in [-0.3, -0.25) is 9.36 Å². The second kappa shape index (κ2) is 52.3. The minimum atomic E-state index is -4.60. The SMILES string of the molecule is CCCCCCC/C=C\C/C=C\C/C=C\CCCCCCCCC(=O)NC(COP(=O)([O-])OCC[N+](C)(C)C)C(O)/C=C/CCCCCCCCCCCCCCCCCCCCCCCCCCC. The molecule has 1 amide bonds. The maximum atomic E-state index is 13.0. The van der Waals surface area contributed by atoms with Gasteiger partial charge in [-0.1, -0.05) is 268 Å². The second-order valence-corrected chi connectivity index (χ2v) is 23.1. The molecule has 0 radical (unpaired) electrons. The number of amides is 1. The van der Waals surface area contributed by atoms with E-state index in [1.165, 1.54) is 199 Å². The van der Waals surface area contributed by atoms with Gasteiger partial charge in [0.05, 0.1) is 39.9 Å². The van der Waals surface area contributed by atoms with Crippen LogP contribution in [0.4, 0.5) is 0 Å². The molecule has 70 heavy (non-hydrogen) atoms. The smallest absolute Gasteiger partial charge is 0.268 e. The van der Waals surface area contributed by atoms with E-state index in [4.69, 9.17) is 9.05 Å². The number of hydrogen-bond acceptors (Lipinski definition) is 6. The lowest BCUT2D eigenvalue weighted by molar-refractivity contribution is -0.870. The summed E-state index contributed by atoms with van der Waals surface area (Å²) in [6, 6.07) is -0.896. The van der Waals surface area contributed by atoms with Crippen LogP contribution in [-0.2, 0) is 18.4 Å². The predicted octanol–water partition coefficient (Wildman–Crippen LogP) is 17.7. The average Bonchev–Trinajstić information content (AvgIpc) is 3.32. The number of hydrogen-bond donors (Lipinski definition) is 2. The Kier molecular flexibility index (Phi) is 51.2. The van der Waals surface area contributed by atoms with E-state index in [9.17, 15) is 19.4 Å². The summed E-state index contributed by atoms with van der Waals surface area (Å²) in [7, 11) is 1.25. The Hall–Kier alpha value is -1.54. The van der Waals surface area contributed by atoms with E-state index >= 15 is 0 Å². The van der Waals surface area contributed by atoms with Crippen LogP contribution in [0.5, 0.6) is 0 Å². The first kappa shape index (κ1) is 68.5. The lowest BCUT2D eigenvalue weighted by Gasteiger charge is -2.29. The molecular formula is C61H117N2O6P. The van der Waals surface area contributed by atoms with Crippen LogP contribution in [0.2, 0.25) is 0 Å². The first-order valence-corrected chi connectivity index (χ1v) is 31.5. The molecule has 0 heterocycles. The zero-order valence-corrected chi connectivity index (χ0v) is 47.9. The van der Waals surface area contributed by atoms with Crippen LogP contribution in [0.3, 0.4) is 0 Å². The molecule has 9 heteroatoms. The van der Waals surface area contributed by atoms with Gasteiger partial charge < -0.3 is 28.8 Å². The number of unbranched alkanes of at least 4 members (excludes halogenated alkanes) is 36. The lowest BCUT2D eigenvalue weighted by atomic mass is 10.0.